The summed E-state index contributed by atoms with van der Waals surface area (Å²) in [7, 11) is 0. The van der Waals surface area contributed by atoms with Gasteiger partial charge in [-0.15, -0.1) is 0 Å². The fraction of sp³-hybridized carbons (Fsp3) is 0.909. The Morgan fingerprint density at radius 2 is 1.58 bits per heavy atom. The molecular formula is C11H24O. The fourth-order valence-electron chi connectivity index (χ4n) is 0.928. The van der Waals surface area contributed by atoms with Gasteiger partial charge in [0.2, 0.25) is 0 Å². The molecule has 12 heavy (non-hydrogen) atoms. The molecule has 0 aromatic carbocycles. The Hall–Kier alpha value is -0.330. The molecule has 0 radical (unpaired) electrons. The molecule has 1 nitrogen and oxygen atoms in total. The number of unbranched alkanes of at least 4 members (excludes halogenated alkanes) is 2. The molecule has 0 bridgehead atoms. The first-order chi connectivity index (χ1) is 5.54. The predicted molar refractivity (Wildman–Crippen MR) is 55.3 cm³/mol. The molecule has 0 aliphatic carbocycles. The average Bonchev–Trinajstić information content (AvgIpc) is 1.87. The molecule has 0 unspecified atom stereocenters. The Balaban J connectivity index is 0. The van der Waals surface area contributed by atoms with Crippen LogP contribution in [0.2, 0.25) is 0 Å². The zero-order chi connectivity index (χ0) is 9.98. The second kappa shape index (κ2) is 10.7. The zero-order valence-electron chi connectivity index (χ0n) is 9.31. The molecule has 0 saturated heterocycles. The first-order valence-electron chi connectivity index (χ1n) is 5.03. The fourth-order valence-corrected chi connectivity index (χ4v) is 0.928. The van der Waals surface area contributed by atoms with Crippen LogP contribution in [-0.2, 0) is 4.79 Å². The van der Waals surface area contributed by atoms with Gasteiger partial charge in [-0.05, 0) is 12.8 Å². The molecule has 1 heteroatoms. The highest BCUT2D eigenvalue weighted by Gasteiger charge is 1.95. The maximum absolute atomic E-state index is 10.3. The van der Waals surface area contributed by atoms with Crippen molar-refractivity contribution in [3.05, 3.63) is 0 Å². The van der Waals surface area contributed by atoms with Crippen LogP contribution in [0.4, 0.5) is 0 Å². The van der Waals surface area contributed by atoms with Crippen LogP contribution in [0.25, 0.3) is 0 Å². The first kappa shape index (κ1) is 14.2. The van der Waals surface area contributed by atoms with Crippen LogP contribution < -0.4 is 0 Å². The molecule has 0 aliphatic heterocycles. The van der Waals surface area contributed by atoms with E-state index in [2.05, 4.69) is 13.8 Å². The molecule has 0 aromatic rings. The summed E-state index contributed by atoms with van der Waals surface area (Å²) in [4.78, 5) is 10.3. The number of Topliss-reactive ketones (excluding diaryl/α,β-unsaturated/α-hetero) is 1. The van der Waals surface area contributed by atoms with Crippen LogP contribution >= 0.6 is 0 Å². The van der Waals surface area contributed by atoms with Crippen LogP contribution in [-0.4, -0.2) is 5.78 Å². The minimum Gasteiger partial charge on any atom is -0.300 e. The van der Waals surface area contributed by atoms with Gasteiger partial charge < -0.3 is 4.79 Å². The minimum absolute atomic E-state index is 0.287. The summed E-state index contributed by atoms with van der Waals surface area (Å²) in [5, 5.41) is 0. The van der Waals surface area contributed by atoms with Gasteiger partial charge in [0.1, 0.15) is 5.78 Å². The normalized spacial score (nSPS) is 9.17. The van der Waals surface area contributed by atoms with Crippen molar-refractivity contribution in [1.82, 2.24) is 0 Å². The van der Waals surface area contributed by atoms with Crippen molar-refractivity contribution in [3.63, 3.8) is 0 Å². The number of ketones is 1. The Bertz CT molecular complexity index is 93.2. The summed E-state index contributed by atoms with van der Waals surface area (Å²) in [5.74, 6) is 0.813. The summed E-state index contributed by atoms with van der Waals surface area (Å²) in [5.41, 5.74) is 0. The molecule has 0 fully saturated rings. The molecule has 74 valence electrons. The quantitative estimate of drug-likeness (QED) is 0.630. The lowest BCUT2D eigenvalue weighted by Gasteiger charge is -1.95. The summed E-state index contributed by atoms with van der Waals surface area (Å²) >= 11 is 0. The Morgan fingerprint density at radius 1 is 1.17 bits per heavy atom. The van der Waals surface area contributed by atoms with E-state index >= 15 is 0 Å². The van der Waals surface area contributed by atoms with Gasteiger partial charge in [0.25, 0.3) is 0 Å². The molecule has 0 aromatic heterocycles. The molecule has 0 heterocycles. The highest BCUT2D eigenvalue weighted by Crippen LogP contribution is 1.97. The summed E-state index contributed by atoms with van der Waals surface area (Å²) in [6.07, 6.45) is 4.80. The second-order valence-electron chi connectivity index (χ2n) is 3.65. The van der Waals surface area contributed by atoms with Crippen molar-refractivity contribution in [1.29, 1.82) is 0 Å². The van der Waals surface area contributed by atoms with Crippen molar-refractivity contribution in [2.75, 3.05) is 0 Å². The minimum atomic E-state index is 0.287. The average molecular weight is 172 g/mol. The monoisotopic (exact) mass is 172 g/mol. The van der Waals surface area contributed by atoms with Crippen molar-refractivity contribution in [2.24, 2.45) is 5.92 Å². The smallest absolute Gasteiger partial charge is 0.130 e. The SMILES string of the molecule is CC(=O)CC(C)C.CCCCC. The van der Waals surface area contributed by atoms with E-state index in [1.54, 1.807) is 6.92 Å². The second-order valence-corrected chi connectivity index (χ2v) is 3.65. The van der Waals surface area contributed by atoms with Gasteiger partial charge in [0.05, 0.1) is 0 Å². The number of rotatable bonds is 4. The highest BCUT2D eigenvalue weighted by atomic mass is 16.1. The van der Waals surface area contributed by atoms with E-state index in [-0.39, 0.29) is 5.78 Å². The maximum Gasteiger partial charge on any atom is 0.130 e. The summed E-state index contributed by atoms with van der Waals surface area (Å²) < 4.78 is 0. The van der Waals surface area contributed by atoms with Crippen molar-refractivity contribution in [2.45, 2.75) is 60.3 Å². The number of hydrogen-bond donors (Lipinski definition) is 0. The third-order valence-electron chi connectivity index (χ3n) is 1.40. The highest BCUT2D eigenvalue weighted by molar-refractivity contribution is 5.75. The lowest BCUT2D eigenvalue weighted by Crippen LogP contribution is -1.95. The van der Waals surface area contributed by atoms with E-state index in [4.69, 9.17) is 0 Å². The molecule has 0 rings (SSSR count). The van der Waals surface area contributed by atoms with Crippen LogP contribution in [0.1, 0.15) is 60.3 Å². The molecule has 0 spiro atoms. The number of carbonyl (C=O) groups excluding carboxylic acids is 1. The van der Waals surface area contributed by atoms with E-state index in [0.29, 0.717) is 5.92 Å². The molecule has 0 amide bonds. The van der Waals surface area contributed by atoms with Gasteiger partial charge in [0.15, 0.2) is 0 Å². The molecular weight excluding hydrogens is 148 g/mol. The van der Waals surface area contributed by atoms with Crippen molar-refractivity contribution >= 4 is 5.78 Å². The third kappa shape index (κ3) is 22.6. The van der Waals surface area contributed by atoms with Crippen LogP contribution in [0.3, 0.4) is 0 Å². The van der Waals surface area contributed by atoms with Crippen molar-refractivity contribution < 1.29 is 4.79 Å². The lowest BCUT2D eigenvalue weighted by atomic mass is 10.1. The van der Waals surface area contributed by atoms with E-state index in [0.717, 1.165) is 6.42 Å². The Morgan fingerprint density at radius 3 is 1.58 bits per heavy atom. The van der Waals surface area contributed by atoms with Gasteiger partial charge in [0, 0.05) is 6.42 Å². The lowest BCUT2D eigenvalue weighted by molar-refractivity contribution is -0.117. The third-order valence-corrected chi connectivity index (χ3v) is 1.40. The zero-order valence-corrected chi connectivity index (χ0v) is 9.31. The standard InChI is InChI=1S/C6H12O.C5H12/c1-5(2)4-6(3)7;1-3-5-4-2/h5H,4H2,1-3H3;3-5H2,1-2H3. The van der Waals surface area contributed by atoms with Crippen LogP contribution in [0.5, 0.6) is 0 Å². The maximum atomic E-state index is 10.3. The van der Waals surface area contributed by atoms with Gasteiger partial charge >= 0.3 is 0 Å². The number of hydrogen-bond acceptors (Lipinski definition) is 1. The largest absolute Gasteiger partial charge is 0.300 e. The molecule has 0 atom stereocenters. The summed E-state index contributed by atoms with van der Waals surface area (Å²) in [6.45, 7) is 10.1. The van der Waals surface area contributed by atoms with Crippen LogP contribution in [0, 0.1) is 5.92 Å². The van der Waals surface area contributed by atoms with Gasteiger partial charge in [-0.25, -0.2) is 0 Å². The predicted octanol–water partition coefficient (Wildman–Crippen LogP) is 3.82. The Labute approximate surface area is 77.6 Å². The van der Waals surface area contributed by atoms with E-state index in [9.17, 15) is 4.79 Å². The first-order valence-corrected chi connectivity index (χ1v) is 5.03. The molecule has 0 N–H and O–H groups in total. The van der Waals surface area contributed by atoms with E-state index in [1.165, 1.54) is 19.3 Å². The molecule has 0 saturated carbocycles. The van der Waals surface area contributed by atoms with E-state index in [1.807, 2.05) is 13.8 Å². The van der Waals surface area contributed by atoms with Gasteiger partial charge in [-0.2, -0.15) is 0 Å². The van der Waals surface area contributed by atoms with Crippen molar-refractivity contribution in [3.8, 4) is 0 Å². The van der Waals surface area contributed by atoms with Gasteiger partial charge in [-0.3, -0.25) is 0 Å². The topological polar surface area (TPSA) is 17.1 Å². The number of carbonyl (C=O) groups is 1. The van der Waals surface area contributed by atoms with Gasteiger partial charge in [-0.1, -0.05) is 47.0 Å². The summed E-state index contributed by atoms with van der Waals surface area (Å²) in [6, 6.07) is 0. The van der Waals surface area contributed by atoms with Crippen LogP contribution in [0.15, 0.2) is 0 Å². The Kier molecular flexibility index (Phi) is 12.6. The molecule has 0 aliphatic rings. The van der Waals surface area contributed by atoms with E-state index < -0.39 is 0 Å².